The van der Waals surface area contributed by atoms with Crippen molar-refractivity contribution in [3.05, 3.63) is 53.1 Å². The molecular weight excluding hydrogens is 370 g/mol. The van der Waals surface area contributed by atoms with Gasteiger partial charge in [-0.2, -0.15) is 5.26 Å². The number of carbonyl (C=O) groups is 1. The normalized spacial score (nSPS) is 15.6. The molecule has 3 rings (SSSR count). The van der Waals surface area contributed by atoms with Crippen LogP contribution < -0.4 is 0 Å². The number of Topliss-reactive ketones (excluding diaryl/α,β-unsaturated/α-hetero) is 1. The summed E-state index contributed by atoms with van der Waals surface area (Å²) in [5.74, 6) is 0.352. The molecule has 0 bridgehead atoms. The molecule has 0 N–H and O–H groups in total. The van der Waals surface area contributed by atoms with E-state index in [1.54, 1.807) is 42.5 Å². The van der Waals surface area contributed by atoms with Gasteiger partial charge in [0, 0.05) is 23.4 Å². The van der Waals surface area contributed by atoms with Gasteiger partial charge in [-0.1, -0.05) is 29.8 Å². The van der Waals surface area contributed by atoms with Gasteiger partial charge in [0.05, 0.1) is 22.3 Å². The third kappa shape index (κ3) is 4.14. The molecule has 1 saturated carbocycles. The number of hydrogen-bond donors (Lipinski definition) is 0. The predicted molar refractivity (Wildman–Crippen MR) is 101 cm³/mol. The van der Waals surface area contributed by atoms with Crippen LogP contribution in [0.2, 0.25) is 5.02 Å². The maximum Gasteiger partial charge on any atom is 0.178 e. The van der Waals surface area contributed by atoms with E-state index in [-0.39, 0.29) is 22.3 Å². The fourth-order valence-electron chi connectivity index (χ4n) is 3.23. The Morgan fingerprint density at radius 2 is 1.73 bits per heavy atom. The van der Waals surface area contributed by atoms with Crippen LogP contribution >= 0.6 is 11.6 Å². The van der Waals surface area contributed by atoms with Crippen LogP contribution in [-0.4, -0.2) is 20.0 Å². The molecule has 0 atom stereocenters. The van der Waals surface area contributed by atoms with Crippen molar-refractivity contribution in [2.24, 2.45) is 5.92 Å². The Labute approximate surface area is 158 Å². The maximum absolute atomic E-state index is 12.6. The molecule has 0 saturated heterocycles. The molecule has 0 aliphatic heterocycles. The summed E-state index contributed by atoms with van der Waals surface area (Å²) in [7, 11) is -3.38. The van der Waals surface area contributed by atoms with Crippen molar-refractivity contribution in [3.63, 3.8) is 0 Å². The molecule has 1 fully saturated rings. The second kappa shape index (κ2) is 7.61. The number of sulfone groups is 1. The predicted octanol–water partition coefficient (Wildman–Crippen LogP) is 4.41. The number of hydrogen-bond acceptors (Lipinski definition) is 4. The molecule has 4 nitrogen and oxygen atoms in total. The third-order valence-electron chi connectivity index (χ3n) is 4.74. The average Bonchev–Trinajstić information content (AvgIpc) is 2.63. The molecule has 134 valence electrons. The van der Waals surface area contributed by atoms with Gasteiger partial charge in [-0.15, -0.1) is 0 Å². The molecule has 1 aliphatic carbocycles. The lowest BCUT2D eigenvalue weighted by Crippen LogP contribution is -2.22. The molecular formula is C20H18ClNO3S. The van der Waals surface area contributed by atoms with Gasteiger partial charge in [-0.05, 0) is 48.6 Å². The van der Waals surface area contributed by atoms with Crippen LogP contribution in [0.15, 0.2) is 47.4 Å². The zero-order valence-corrected chi connectivity index (χ0v) is 15.7. The Morgan fingerprint density at radius 3 is 2.31 bits per heavy atom. The SMILES string of the molecule is N#Cc1ccc(-c2ccc(S(=O)(=O)CC3CCC(=O)CC3)cc2)c(Cl)c1. The van der Waals surface area contributed by atoms with Crippen LogP contribution in [0.25, 0.3) is 11.1 Å². The third-order valence-corrected chi connectivity index (χ3v) is 6.95. The zero-order chi connectivity index (χ0) is 18.7. The van der Waals surface area contributed by atoms with Gasteiger partial charge in [0.25, 0.3) is 0 Å². The standard InChI is InChI=1S/C20H18ClNO3S/c21-20-11-15(12-22)3-10-19(20)16-4-8-18(9-5-16)26(24,25)13-14-1-6-17(23)7-2-14/h3-5,8-11,14H,1-2,6-7,13H2. The number of rotatable bonds is 4. The summed E-state index contributed by atoms with van der Waals surface area (Å²) in [5.41, 5.74) is 2.02. The lowest BCUT2D eigenvalue weighted by molar-refractivity contribution is -0.120. The van der Waals surface area contributed by atoms with E-state index in [2.05, 4.69) is 0 Å². The first-order valence-electron chi connectivity index (χ1n) is 8.43. The smallest absolute Gasteiger partial charge is 0.178 e. The Bertz CT molecular complexity index is 965. The molecule has 0 aromatic heterocycles. The number of carbonyl (C=O) groups excluding carboxylic acids is 1. The highest BCUT2D eigenvalue weighted by Gasteiger charge is 2.25. The monoisotopic (exact) mass is 387 g/mol. The summed E-state index contributed by atoms with van der Waals surface area (Å²) in [6.45, 7) is 0. The van der Waals surface area contributed by atoms with E-state index in [9.17, 15) is 13.2 Å². The highest BCUT2D eigenvalue weighted by atomic mass is 35.5. The van der Waals surface area contributed by atoms with E-state index in [4.69, 9.17) is 16.9 Å². The first-order chi connectivity index (χ1) is 12.4. The lowest BCUT2D eigenvalue weighted by atomic mass is 9.90. The van der Waals surface area contributed by atoms with Gasteiger partial charge in [-0.25, -0.2) is 8.42 Å². The van der Waals surface area contributed by atoms with Gasteiger partial charge in [-0.3, -0.25) is 4.79 Å². The van der Waals surface area contributed by atoms with Crippen molar-refractivity contribution in [3.8, 4) is 17.2 Å². The zero-order valence-electron chi connectivity index (χ0n) is 14.1. The topological polar surface area (TPSA) is 75.0 Å². The maximum atomic E-state index is 12.6. The van der Waals surface area contributed by atoms with Gasteiger partial charge in [0.1, 0.15) is 5.78 Å². The number of nitriles is 1. The fourth-order valence-corrected chi connectivity index (χ4v) is 5.22. The van der Waals surface area contributed by atoms with Crippen molar-refractivity contribution >= 4 is 27.2 Å². The molecule has 0 heterocycles. The molecule has 0 unspecified atom stereocenters. The highest BCUT2D eigenvalue weighted by Crippen LogP contribution is 2.30. The van der Waals surface area contributed by atoms with E-state index < -0.39 is 9.84 Å². The quantitative estimate of drug-likeness (QED) is 0.778. The number of nitrogens with zero attached hydrogens (tertiary/aromatic N) is 1. The minimum Gasteiger partial charge on any atom is -0.300 e. The van der Waals surface area contributed by atoms with Crippen molar-refractivity contribution in [1.29, 1.82) is 5.26 Å². The molecule has 1 aliphatic rings. The van der Waals surface area contributed by atoms with Crippen molar-refractivity contribution in [2.75, 3.05) is 5.75 Å². The van der Waals surface area contributed by atoms with E-state index >= 15 is 0 Å². The summed E-state index contributed by atoms with van der Waals surface area (Å²) < 4.78 is 25.3. The van der Waals surface area contributed by atoms with Crippen LogP contribution in [0.1, 0.15) is 31.2 Å². The largest absolute Gasteiger partial charge is 0.300 e. The highest BCUT2D eigenvalue weighted by molar-refractivity contribution is 7.91. The summed E-state index contributed by atoms with van der Waals surface area (Å²) in [5, 5.41) is 9.36. The Morgan fingerprint density at radius 1 is 1.08 bits per heavy atom. The molecule has 6 heteroatoms. The minimum absolute atomic E-state index is 0.0466. The van der Waals surface area contributed by atoms with Crippen LogP contribution in [0.5, 0.6) is 0 Å². The van der Waals surface area contributed by atoms with Crippen molar-refractivity contribution < 1.29 is 13.2 Å². The summed E-state index contributed by atoms with van der Waals surface area (Å²) in [6.07, 6.45) is 2.26. The molecule has 0 amide bonds. The first-order valence-corrected chi connectivity index (χ1v) is 10.5. The van der Waals surface area contributed by atoms with Crippen LogP contribution in [0, 0.1) is 17.2 Å². The van der Waals surface area contributed by atoms with Gasteiger partial charge < -0.3 is 0 Å². The van der Waals surface area contributed by atoms with Crippen LogP contribution in [0.3, 0.4) is 0 Å². The molecule has 2 aromatic carbocycles. The van der Waals surface area contributed by atoms with Crippen LogP contribution in [-0.2, 0) is 14.6 Å². The van der Waals surface area contributed by atoms with E-state index in [1.807, 2.05) is 6.07 Å². The number of ketones is 1. The van der Waals surface area contributed by atoms with Crippen molar-refractivity contribution in [2.45, 2.75) is 30.6 Å². The Kier molecular flexibility index (Phi) is 5.45. The molecule has 26 heavy (non-hydrogen) atoms. The summed E-state index contributed by atoms with van der Waals surface area (Å²) in [6, 6.07) is 13.7. The number of benzene rings is 2. The fraction of sp³-hybridized carbons (Fsp3) is 0.300. The van der Waals surface area contributed by atoms with Crippen LogP contribution in [0.4, 0.5) is 0 Å². The van der Waals surface area contributed by atoms with E-state index in [0.29, 0.717) is 36.3 Å². The second-order valence-corrected chi connectivity index (χ2v) is 9.04. The van der Waals surface area contributed by atoms with E-state index in [1.165, 1.54) is 0 Å². The van der Waals surface area contributed by atoms with E-state index in [0.717, 1.165) is 11.1 Å². The van der Waals surface area contributed by atoms with Gasteiger partial charge >= 0.3 is 0 Å². The minimum atomic E-state index is -3.38. The Hall–Kier alpha value is -2.16. The van der Waals surface area contributed by atoms with Gasteiger partial charge in [0.2, 0.25) is 0 Å². The lowest BCUT2D eigenvalue weighted by Gasteiger charge is -2.20. The Balaban J connectivity index is 1.78. The van der Waals surface area contributed by atoms with Crippen molar-refractivity contribution in [1.82, 2.24) is 0 Å². The number of halogens is 1. The second-order valence-electron chi connectivity index (χ2n) is 6.59. The summed E-state index contributed by atoms with van der Waals surface area (Å²) >= 11 is 6.22. The first kappa shape index (κ1) is 18.6. The summed E-state index contributed by atoms with van der Waals surface area (Å²) in [4.78, 5) is 11.6. The average molecular weight is 388 g/mol. The van der Waals surface area contributed by atoms with Gasteiger partial charge in [0.15, 0.2) is 9.84 Å². The molecule has 0 radical (unpaired) electrons. The molecule has 2 aromatic rings. The molecule has 0 spiro atoms.